The molecule has 146 valence electrons. The number of aromatic nitrogens is 2. The van der Waals surface area contributed by atoms with E-state index in [2.05, 4.69) is 27.5 Å². The van der Waals surface area contributed by atoms with Crippen molar-refractivity contribution in [1.82, 2.24) is 15.5 Å². The number of nitrogen functional groups attached to an aromatic ring is 1. The maximum absolute atomic E-state index is 10.0. The minimum absolute atomic E-state index is 0.231. The van der Waals surface area contributed by atoms with Gasteiger partial charge in [-0.15, -0.1) is 16.8 Å². The highest BCUT2D eigenvalue weighted by atomic mass is 16.5. The van der Waals surface area contributed by atoms with E-state index >= 15 is 0 Å². The topological polar surface area (TPSA) is 115 Å². The van der Waals surface area contributed by atoms with Gasteiger partial charge < -0.3 is 25.3 Å². The molecule has 8 nitrogen and oxygen atoms in total. The molecule has 0 spiro atoms. The van der Waals surface area contributed by atoms with Gasteiger partial charge in [0.1, 0.15) is 18.5 Å². The van der Waals surface area contributed by atoms with Crippen LogP contribution in [-0.4, -0.2) is 47.7 Å². The van der Waals surface area contributed by atoms with Crippen molar-refractivity contribution in [2.24, 2.45) is 5.84 Å². The van der Waals surface area contributed by atoms with Crippen molar-refractivity contribution in [2.45, 2.75) is 18.9 Å². The summed E-state index contributed by atoms with van der Waals surface area (Å²) in [5.41, 5.74) is 3.46. The number of aliphatic hydroxyl groups is 1. The molecule has 2 aromatic rings. The first kappa shape index (κ1) is 20.6. The minimum atomic E-state index is -0.593. The van der Waals surface area contributed by atoms with Gasteiger partial charge in [0.05, 0.1) is 6.61 Å². The Bertz CT molecular complexity index is 681. The lowest BCUT2D eigenvalue weighted by Crippen LogP contribution is -2.32. The number of benzene rings is 1. The minimum Gasteiger partial charge on any atom is -0.491 e. The third-order valence-corrected chi connectivity index (χ3v) is 3.68. The highest BCUT2D eigenvalue weighted by molar-refractivity contribution is 5.34. The summed E-state index contributed by atoms with van der Waals surface area (Å²) in [6, 6.07) is 11.1. The molecule has 1 heterocycles. The number of ether oxygens (including phenoxy) is 2. The lowest BCUT2D eigenvalue weighted by atomic mass is 10.1. The first-order valence-corrected chi connectivity index (χ1v) is 8.86. The third-order valence-electron chi connectivity index (χ3n) is 3.68. The monoisotopic (exact) mass is 373 g/mol. The van der Waals surface area contributed by atoms with Crippen LogP contribution in [0.2, 0.25) is 0 Å². The standard InChI is InChI=1S/C19H27N5O3/c1-2-6-15-7-3-4-8-17(15)27-14-16(25)13-21-11-5-12-26-19-10-9-18(22-20)23-24-19/h2-4,7-10,16,21,25H,1,5-6,11-14,20H2,(H,22,23). The number of hydrazine groups is 1. The van der Waals surface area contributed by atoms with E-state index in [1.807, 2.05) is 30.3 Å². The number of aliphatic hydroxyl groups excluding tert-OH is 1. The molecule has 27 heavy (non-hydrogen) atoms. The van der Waals surface area contributed by atoms with Crippen LogP contribution in [-0.2, 0) is 6.42 Å². The number of nitrogens with zero attached hydrogens (tertiary/aromatic N) is 2. The zero-order chi connectivity index (χ0) is 19.3. The predicted octanol–water partition coefficient (Wildman–Crippen LogP) is 1.29. The normalized spacial score (nSPS) is 11.6. The van der Waals surface area contributed by atoms with Crippen LogP contribution in [0, 0.1) is 0 Å². The smallest absolute Gasteiger partial charge is 0.233 e. The van der Waals surface area contributed by atoms with Gasteiger partial charge in [-0.05, 0) is 37.1 Å². The number of hydrogen-bond acceptors (Lipinski definition) is 8. The van der Waals surface area contributed by atoms with Gasteiger partial charge in [0.2, 0.25) is 5.88 Å². The molecule has 1 aromatic heterocycles. The predicted molar refractivity (Wildman–Crippen MR) is 105 cm³/mol. The summed E-state index contributed by atoms with van der Waals surface area (Å²) in [6.45, 7) is 5.63. The average Bonchev–Trinajstić information content (AvgIpc) is 2.70. The molecule has 0 bridgehead atoms. The Balaban J connectivity index is 1.56. The van der Waals surface area contributed by atoms with Gasteiger partial charge in [-0.25, -0.2) is 5.84 Å². The van der Waals surface area contributed by atoms with E-state index in [0.29, 0.717) is 31.4 Å². The molecule has 0 aliphatic carbocycles. The third kappa shape index (κ3) is 7.61. The van der Waals surface area contributed by atoms with Gasteiger partial charge in [-0.3, -0.25) is 0 Å². The summed E-state index contributed by atoms with van der Waals surface area (Å²) in [5, 5.41) is 20.9. The Morgan fingerprint density at radius 2 is 2.04 bits per heavy atom. The average molecular weight is 373 g/mol. The van der Waals surface area contributed by atoms with Gasteiger partial charge in [0.15, 0.2) is 5.82 Å². The molecule has 8 heteroatoms. The second-order valence-corrected chi connectivity index (χ2v) is 5.87. The Morgan fingerprint density at radius 1 is 1.19 bits per heavy atom. The van der Waals surface area contributed by atoms with Crippen LogP contribution in [0.25, 0.3) is 0 Å². The molecule has 0 radical (unpaired) electrons. The molecule has 1 atom stereocenters. The van der Waals surface area contributed by atoms with Gasteiger partial charge in [-0.2, -0.15) is 0 Å². The van der Waals surface area contributed by atoms with Crippen LogP contribution in [0.5, 0.6) is 11.6 Å². The molecule has 0 amide bonds. The Hall–Kier alpha value is -2.68. The van der Waals surface area contributed by atoms with Crippen molar-refractivity contribution in [3.63, 3.8) is 0 Å². The van der Waals surface area contributed by atoms with Crippen molar-refractivity contribution in [3.8, 4) is 11.6 Å². The molecule has 1 unspecified atom stereocenters. The first-order valence-electron chi connectivity index (χ1n) is 8.86. The van der Waals surface area contributed by atoms with Crippen LogP contribution < -0.4 is 26.1 Å². The van der Waals surface area contributed by atoms with E-state index in [4.69, 9.17) is 15.3 Å². The Morgan fingerprint density at radius 3 is 2.78 bits per heavy atom. The van der Waals surface area contributed by atoms with Crippen LogP contribution in [0.4, 0.5) is 5.82 Å². The van der Waals surface area contributed by atoms with Crippen molar-refractivity contribution in [1.29, 1.82) is 0 Å². The summed E-state index contributed by atoms with van der Waals surface area (Å²) in [6.07, 6.45) is 2.75. The fraction of sp³-hybridized carbons (Fsp3) is 0.368. The number of nitrogens with one attached hydrogen (secondary N) is 2. The lowest BCUT2D eigenvalue weighted by Gasteiger charge is -2.15. The highest BCUT2D eigenvalue weighted by Gasteiger charge is 2.07. The van der Waals surface area contributed by atoms with Crippen LogP contribution in [0.15, 0.2) is 49.1 Å². The second-order valence-electron chi connectivity index (χ2n) is 5.87. The lowest BCUT2D eigenvalue weighted by molar-refractivity contribution is 0.105. The largest absolute Gasteiger partial charge is 0.491 e. The number of para-hydroxylation sites is 1. The van der Waals surface area contributed by atoms with Gasteiger partial charge in [0, 0.05) is 12.6 Å². The van der Waals surface area contributed by atoms with Crippen molar-refractivity contribution >= 4 is 5.82 Å². The zero-order valence-electron chi connectivity index (χ0n) is 15.3. The number of allylic oxidation sites excluding steroid dienone is 1. The van der Waals surface area contributed by atoms with Crippen LogP contribution >= 0.6 is 0 Å². The maximum atomic E-state index is 10.0. The first-order chi connectivity index (χ1) is 13.2. The summed E-state index contributed by atoms with van der Waals surface area (Å²) >= 11 is 0. The number of nitrogens with two attached hydrogens (primary N) is 1. The number of rotatable bonds is 13. The van der Waals surface area contributed by atoms with Crippen molar-refractivity contribution in [3.05, 3.63) is 54.6 Å². The van der Waals surface area contributed by atoms with E-state index in [0.717, 1.165) is 24.2 Å². The van der Waals surface area contributed by atoms with E-state index in [1.54, 1.807) is 12.1 Å². The molecule has 0 aliphatic heterocycles. The van der Waals surface area contributed by atoms with Gasteiger partial charge in [-0.1, -0.05) is 24.3 Å². The number of hydrogen-bond donors (Lipinski definition) is 4. The fourth-order valence-electron chi connectivity index (χ4n) is 2.33. The molecule has 0 saturated heterocycles. The summed E-state index contributed by atoms with van der Waals surface area (Å²) in [7, 11) is 0. The molecule has 5 N–H and O–H groups in total. The molecule has 1 aromatic carbocycles. The highest BCUT2D eigenvalue weighted by Crippen LogP contribution is 2.18. The molecule has 2 rings (SSSR count). The van der Waals surface area contributed by atoms with E-state index in [1.165, 1.54) is 0 Å². The Kier molecular flexibility index (Phi) is 9.05. The second kappa shape index (κ2) is 11.8. The molecule has 0 aliphatic rings. The van der Waals surface area contributed by atoms with E-state index in [-0.39, 0.29) is 6.61 Å². The van der Waals surface area contributed by atoms with Gasteiger partial charge >= 0.3 is 0 Å². The molecular formula is C19H27N5O3. The maximum Gasteiger partial charge on any atom is 0.233 e. The SMILES string of the molecule is C=CCc1ccccc1OCC(O)CNCCCOc1ccc(NN)nn1. The Labute approximate surface area is 159 Å². The van der Waals surface area contributed by atoms with E-state index in [9.17, 15) is 5.11 Å². The van der Waals surface area contributed by atoms with Crippen molar-refractivity contribution < 1.29 is 14.6 Å². The number of anilines is 1. The molecular weight excluding hydrogens is 346 g/mol. The summed E-state index contributed by atoms with van der Waals surface area (Å²) < 4.78 is 11.2. The van der Waals surface area contributed by atoms with Crippen LogP contribution in [0.1, 0.15) is 12.0 Å². The van der Waals surface area contributed by atoms with Gasteiger partial charge in [0.25, 0.3) is 0 Å². The molecule has 0 fully saturated rings. The molecule has 0 saturated carbocycles. The summed E-state index contributed by atoms with van der Waals surface area (Å²) in [4.78, 5) is 0. The van der Waals surface area contributed by atoms with Crippen LogP contribution in [0.3, 0.4) is 0 Å². The van der Waals surface area contributed by atoms with Crippen molar-refractivity contribution in [2.75, 3.05) is 31.7 Å². The quantitative estimate of drug-likeness (QED) is 0.180. The summed E-state index contributed by atoms with van der Waals surface area (Å²) in [5.74, 6) is 6.92. The van der Waals surface area contributed by atoms with E-state index < -0.39 is 6.10 Å². The zero-order valence-corrected chi connectivity index (χ0v) is 15.3. The fourth-order valence-corrected chi connectivity index (χ4v) is 2.33.